The number of hydrogen-bond donors (Lipinski definition) is 0. The number of hydrogen-bond acceptors (Lipinski definition) is 3. The van der Waals surface area contributed by atoms with E-state index in [0.29, 0.717) is 5.56 Å². The van der Waals surface area contributed by atoms with Crippen LogP contribution in [0.5, 0.6) is 0 Å². The van der Waals surface area contributed by atoms with Crippen LogP contribution in [0, 0.1) is 0 Å². The van der Waals surface area contributed by atoms with Crippen molar-refractivity contribution in [2.24, 2.45) is 0 Å². The van der Waals surface area contributed by atoms with Gasteiger partial charge in [0.1, 0.15) is 6.29 Å². The van der Waals surface area contributed by atoms with E-state index in [9.17, 15) is 9.59 Å². The molecule has 3 aromatic carbocycles. The van der Waals surface area contributed by atoms with Crippen molar-refractivity contribution < 1.29 is 14.3 Å². The van der Waals surface area contributed by atoms with Gasteiger partial charge in [0, 0.05) is 11.6 Å². The van der Waals surface area contributed by atoms with Crippen molar-refractivity contribution in [3.05, 3.63) is 77.9 Å². The lowest BCUT2D eigenvalue weighted by Gasteiger charge is -2.11. The van der Waals surface area contributed by atoms with E-state index in [4.69, 9.17) is 4.74 Å². The fourth-order valence-corrected chi connectivity index (χ4v) is 2.69. The van der Waals surface area contributed by atoms with Crippen molar-refractivity contribution >= 4 is 29.1 Å². The molecule has 0 aliphatic carbocycles. The lowest BCUT2D eigenvalue weighted by atomic mass is 9.93. The average Bonchev–Trinajstić information content (AvgIpc) is 2.65. The molecule has 0 amide bonds. The van der Waals surface area contributed by atoms with E-state index >= 15 is 0 Å². The maximum Gasteiger partial charge on any atom is 0.330 e. The molecule has 0 atom stereocenters. The zero-order valence-electron chi connectivity index (χ0n) is 13.2. The maximum atomic E-state index is 11.5. The topological polar surface area (TPSA) is 43.4 Å². The van der Waals surface area contributed by atoms with Gasteiger partial charge in [0.05, 0.1) is 7.11 Å². The first-order valence-electron chi connectivity index (χ1n) is 7.56. The van der Waals surface area contributed by atoms with Gasteiger partial charge in [-0.3, -0.25) is 4.79 Å². The summed E-state index contributed by atoms with van der Waals surface area (Å²) >= 11 is 0. The fraction of sp³-hybridized carbons (Fsp3) is 0.0476. The molecule has 0 saturated carbocycles. The second-order valence-electron chi connectivity index (χ2n) is 5.34. The van der Waals surface area contributed by atoms with Crippen LogP contribution in [0.4, 0.5) is 0 Å². The van der Waals surface area contributed by atoms with Gasteiger partial charge >= 0.3 is 5.97 Å². The molecule has 0 aromatic heterocycles. The Bertz CT molecular complexity index is 921. The largest absolute Gasteiger partial charge is 0.466 e. The van der Waals surface area contributed by atoms with Crippen LogP contribution in [0.2, 0.25) is 0 Å². The Morgan fingerprint density at radius 2 is 1.71 bits per heavy atom. The van der Waals surface area contributed by atoms with Gasteiger partial charge in [0.2, 0.25) is 0 Å². The van der Waals surface area contributed by atoms with Crippen LogP contribution in [0.1, 0.15) is 15.9 Å². The summed E-state index contributed by atoms with van der Waals surface area (Å²) in [4.78, 5) is 22.3. The molecular weight excluding hydrogens is 300 g/mol. The Morgan fingerprint density at radius 3 is 2.42 bits per heavy atom. The van der Waals surface area contributed by atoms with Gasteiger partial charge in [0.25, 0.3) is 0 Å². The van der Waals surface area contributed by atoms with Crippen molar-refractivity contribution in [1.82, 2.24) is 0 Å². The summed E-state index contributed by atoms with van der Waals surface area (Å²) in [6, 6.07) is 19.5. The van der Waals surface area contributed by atoms with Crippen LogP contribution < -0.4 is 0 Å². The summed E-state index contributed by atoms with van der Waals surface area (Å²) in [6.45, 7) is 0. The van der Waals surface area contributed by atoms with Crippen LogP contribution in [0.15, 0.2) is 66.7 Å². The predicted molar refractivity (Wildman–Crippen MR) is 95.8 cm³/mol. The van der Waals surface area contributed by atoms with Crippen LogP contribution in [-0.4, -0.2) is 19.4 Å². The van der Waals surface area contributed by atoms with E-state index in [1.54, 1.807) is 18.2 Å². The van der Waals surface area contributed by atoms with Crippen molar-refractivity contribution in [2.75, 3.05) is 7.11 Å². The number of methoxy groups -OCH3 is 1. The Morgan fingerprint density at radius 1 is 0.958 bits per heavy atom. The van der Waals surface area contributed by atoms with Gasteiger partial charge in [-0.25, -0.2) is 4.79 Å². The highest BCUT2D eigenvalue weighted by Crippen LogP contribution is 2.31. The molecule has 0 unspecified atom stereocenters. The molecule has 3 aromatic rings. The smallest absolute Gasteiger partial charge is 0.330 e. The molecule has 118 valence electrons. The van der Waals surface area contributed by atoms with Gasteiger partial charge in [0.15, 0.2) is 0 Å². The SMILES string of the molecule is COC(=O)/C=C/c1c(-c2ccc(C=O)cc2)ccc2ccccc12. The number of carbonyl (C=O) groups is 2. The summed E-state index contributed by atoms with van der Waals surface area (Å²) in [6.07, 6.45) is 4.02. The number of fused-ring (bicyclic) bond motifs is 1. The number of benzene rings is 3. The maximum absolute atomic E-state index is 11.5. The summed E-state index contributed by atoms with van der Waals surface area (Å²) in [5, 5.41) is 2.14. The molecule has 0 bridgehead atoms. The highest BCUT2D eigenvalue weighted by Gasteiger charge is 2.08. The van der Waals surface area contributed by atoms with Gasteiger partial charge < -0.3 is 4.74 Å². The molecule has 0 heterocycles. The first kappa shape index (κ1) is 15.7. The van der Waals surface area contributed by atoms with E-state index in [2.05, 4.69) is 0 Å². The van der Waals surface area contributed by atoms with E-state index in [1.165, 1.54) is 13.2 Å². The van der Waals surface area contributed by atoms with Crippen molar-refractivity contribution in [3.63, 3.8) is 0 Å². The number of carbonyl (C=O) groups excluding carboxylic acids is 2. The van der Waals surface area contributed by atoms with Crippen LogP contribution >= 0.6 is 0 Å². The lowest BCUT2D eigenvalue weighted by molar-refractivity contribution is -0.134. The van der Waals surface area contributed by atoms with Gasteiger partial charge in [-0.2, -0.15) is 0 Å². The van der Waals surface area contributed by atoms with Crippen molar-refractivity contribution in [3.8, 4) is 11.1 Å². The van der Waals surface area contributed by atoms with E-state index in [-0.39, 0.29) is 0 Å². The zero-order valence-corrected chi connectivity index (χ0v) is 13.2. The number of ether oxygens (including phenoxy) is 1. The Labute approximate surface area is 140 Å². The van der Waals surface area contributed by atoms with Gasteiger partial charge in [-0.15, -0.1) is 0 Å². The zero-order chi connectivity index (χ0) is 16.9. The van der Waals surface area contributed by atoms with E-state index in [0.717, 1.165) is 33.7 Å². The molecule has 3 heteroatoms. The molecule has 3 nitrogen and oxygen atoms in total. The Balaban J connectivity index is 2.20. The minimum atomic E-state index is -0.398. The number of rotatable bonds is 4. The molecule has 0 spiro atoms. The molecular formula is C21H16O3. The molecule has 0 N–H and O–H groups in total. The van der Waals surface area contributed by atoms with Crippen LogP contribution in [-0.2, 0) is 9.53 Å². The predicted octanol–water partition coefficient (Wildman–Crippen LogP) is 4.51. The molecule has 24 heavy (non-hydrogen) atoms. The van der Waals surface area contributed by atoms with Crippen molar-refractivity contribution in [1.29, 1.82) is 0 Å². The lowest BCUT2D eigenvalue weighted by Crippen LogP contribution is -1.94. The summed E-state index contributed by atoms with van der Waals surface area (Å²) in [7, 11) is 1.36. The molecule has 0 fully saturated rings. The summed E-state index contributed by atoms with van der Waals surface area (Å²) in [5.74, 6) is -0.398. The van der Waals surface area contributed by atoms with Crippen molar-refractivity contribution in [2.45, 2.75) is 0 Å². The number of aldehydes is 1. The highest BCUT2D eigenvalue weighted by molar-refractivity contribution is 6.00. The Kier molecular flexibility index (Phi) is 4.52. The fourth-order valence-electron chi connectivity index (χ4n) is 2.69. The monoisotopic (exact) mass is 316 g/mol. The Hall–Kier alpha value is -3.20. The van der Waals surface area contributed by atoms with Crippen LogP contribution in [0.25, 0.3) is 28.0 Å². The average molecular weight is 316 g/mol. The summed E-state index contributed by atoms with van der Waals surface area (Å²) in [5.41, 5.74) is 3.55. The van der Waals surface area contributed by atoms with Crippen LogP contribution in [0.3, 0.4) is 0 Å². The molecule has 0 aliphatic heterocycles. The highest BCUT2D eigenvalue weighted by atomic mass is 16.5. The third-order valence-electron chi connectivity index (χ3n) is 3.92. The minimum absolute atomic E-state index is 0.398. The molecule has 0 saturated heterocycles. The second kappa shape index (κ2) is 6.92. The summed E-state index contributed by atoms with van der Waals surface area (Å²) < 4.78 is 4.70. The third kappa shape index (κ3) is 3.10. The van der Waals surface area contributed by atoms with E-state index < -0.39 is 5.97 Å². The van der Waals surface area contributed by atoms with E-state index in [1.807, 2.05) is 48.5 Å². The quantitative estimate of drug-likeness (QED) is 0.404. The molecule has 0 aliphatic rings. The van der Waals surface area contributed by atoms with Gasteiger partial charge in [-0.1, -0.05) is 60.7 Å². The second-order valence-corrected chi connectivity index (χ2v) is 5.34. The first-order valence-corrected chi connectivity index (χ1v) is 7.56. The van der Waals surface area contributed by atoms with Gasteiger partial charge in [-0.05, 0) is 33.5 Å². The molecule has 0 radical (unpaired) electrons. The minimum Gasteiger partial charge on any atom is -0.466 e. The molecule has 3 rings (SSSR count). The third-order valence-corrected chi connectivity index (χ3v) is 3.92. The normalized spacial score (nSPS) is 10.9. The number of esters is 1. The first-order chi connectivity index (χ1) is 11.7. The standard InChI is InChI=1S/C21H16O3/c1-24-21(23)13-12-20-18-5-3-2-4-16(18)10-11-19(20)17-8-6-15(14-22)7-9-17/h2-14H,1H3/b13-12+.